The lowest BCUT2D eigenvalue weighted by Gasteiger charge is -2.29. The van der Waals surface area contributed by atoms with Gasteiger partial charge >= 0.3 is 5.97 Å². The number of hydrogen-bond acceptors (Lipinski definition) is 4. The van der Waals surface area contributed by atoms with Gasteiger partial charge in [0.1, 0.15) is 0 Å². The highest BCUT2D eigenvalue weighted by molar-refractivity contribution is 9.11. The number of aryl methyl sites for hydroxylation is 1. The number of carboxylic acid groups (broad SMARTS) is 1. The molecule has 1 atom stereocenters. The summed E-state index contributed by atoms with van der Waals surface area (Å²) >= 11 is 4.97. The fourth-order valence-corrected chi connectivity index (χ4v) is 3.98. The number of halogens is 1. The summed E-state index contributed by atoms with van der Waals surface area (Å²) < 4.78 is 1.01. The molecular formula is C13H18BrNO3S. The van der Waals surface area contributed by atoms with E-state index in [0.29, 0.717) is 19.3 Å². The van der Waals surface area contributed by atoms with Crippen LogP contribution in [0.15, 0.2) is 9.98 Å². The molecule has 2 rings (SSSR count). The maximum absolute atomic E-state index is 10.9. The van der Waals surface area contributed by atoms with Gasteiger partial charge in [-0.05, 0) is 54.0 Å². The first-order chi connectivity index (χ1) is 9.06. The third-order valence-electron chi connectivity index (χ3n) is 3.84. The van der Waals surface area contributed by atoms with E-state index in [9.17, 15) is 9.90 Å². The molecule has 0 aromatic carbocycles. The molecule has 4 nitrogen and oxygen atoms in total. The first kappa shape index (κ1) is 14.9. The molecule has 1 aromatic heterocycles. The van der Waals surface area contributed by atoms with E-state index >= 15 is 0 Å². The Morgan fingerprint density at radius 2 is 2.16 bits per heavy atom. The van der Waals surface area contributed by atoms with Crippen LogP contribution in [0.4, 0.5) is 0 Å². The van der Waals surface area contributed by atoms with Crippen molar-refractivity contribution in [2.24, 2.45) is 11.8 Å². The number of rotatable bonds is 5. The second-order valence-electron chi connectivity index (χ2n) is 5.11. The Balaban J connectivity index is 1.75. The third-order valence-corrected chi connectivity index (χ3v) is 5.38. The summed E-state index contributed by atoms with van der Waals surface area (Å²) in [5.41, 5.74) is 0. The molecule has 1 aliphatic rings. The van der Waals surface area contributed by atoms with E-state index < -0.39 is 5.97 Å². The molecule has 6 heteroatoms. The number of aliphatic hydroxyl groups excluding tert-OH is 1. The molecule has 0 bridgehead atoms. The summed E-state index contributed by atoms with van der Waals surface area (Å²) in [5, 5.41) is 20.2. The second kappa shape index (κ2) is 6.81. The van der Waals surface area contributed by atoms with Crippen molar-refractivity contribution in [1.29, 1.82) is 0 Å². The molecule has 0 saturated heterocycles. The molecule has 19 heavy (non-hydrogen) atoms. The monoisotopic (exact) mass is 347 g/mol. The van der Waals surface area contributed by atoms with Gasteiger partial charge in [-0.1, -0.05) is 0 Å². The summed E-state index contributed by atoms with van der Waals surface area (Å²) in [6, 6.07) is 0. The highest BCUT2D eigenvalue weighted by atomic mass is 79.9. The highest BCUT2D eigenvalue weighted by Crippen LogP contribution is 2.32. The fourth-order valence-electron chi connectivity index (χ4n) is 2.66. The minimum Gasteiger partial charge on any atom is -0.481 e. The largest absolute Gasteiger partial charge is 0.481 e. The Morgan fingerprint density at radius 3 is 2.68 bits per heavy atom. The van der Waals surface area contributed by atoms with Crippen LogP contribution in [-0.2, 0) is 11.2 Å². The van der Waals surface area contributed by atoms with Gasteiger partial charge in [0.25, 0.3) is 0 Å². The van der Waals surface area contributed by atoms with Gasteiger partial charge in [-0.15, -0.1) is 11.3 Å². The third kappa shape index (κ3) is 4.26. The molecule has 0 amide bonds. The Labute approximate surface area is 125 Å². The van der Waals surface area contributed by atoms with E-state index in [2.05, 4.69) is 20.9 Å². The van der Waals surface area contributed by atoms with E-state index in [-0.39, 0.29) is 17.9 Å². The zero-order chi connectivity index (χ0) is 13.8. The van der Waals surface area contributed by atoms with Gasteiger partial charge in [0.15, 0.2) is 0 Å². The van der Waals surface area contributed by atoms with Crippen molar-refractivity contribution in [3.63, 3.8) is 0 Å². The van der Waals surface area contributed by atoms with Crippen LogP contribution in [0.1, 0.15) is 37.1 Å². The number of hydrogen-bond donors (Lipinski definition) is 2. The van der Waals surface area contributed by atoms with Crippen LogP contribution in [0.5, 0.6) is 0 Å². The number of carboxylic acids is 1. The molecule has 106 valence electrons. The molecule has 1 heterocycles. The van der Waals surface area contributed by atoms with Crippen LogP contribution in [0.25, 0.3) is 0 Å². The Hall–Kier alpha value is -0.460. The van der Waals surface area contributed by atoms with Crippen LogP contribution in [-0.4, -0.2) is 27.3 Å². The van der Waals surface area contributed by atoms with Crippen molar-refractivity contribution in [2.45, 2.75) is 44.6 Å². The number of aliphatic hydroxyl groups is 1. The van der Waals surface area contributed by atoms with Gasteiger partial charge < -0.3 is 10.2 Å². The van der Waals surface area contributed by atoms with Crippen molar-refractivity contribution >= 4 is 33.2 Å². The molecule has 1 aliphatic carbocycles. The van der Waals surface area contributed by atoms with E-state index in [1.165, 1.54) is 0 Å². The summed E-state index contributed by atoms with van der Waals surface area (Å²) in [7, 11) is 0. The lowest BCUT2D eigenvalue weighted by atomic mass is 9.78. The fraction of sp³-hybridized carbons (Fsp3) is 0.692. The lowest BCUT2D eigenvalue weighted by molar-refractivity contribution is -0.143. The van der Waals surface area contributed by atoms with Gasteiger partial charge in [0.05, 0.1) is 27.0 Å². The normalized spacial score (nSPS) is 25.2. The average Bonchev–Trinajstić information content (AvgIpc) is 2.82. The topological polar surface area (TPSA) is 70.4 Å². The van der Waals surface area contributed by atoms with Crippen molar-refractivity contribution in [3.8, 4) is 0 Å². The van der Waals surface area contributed by atoms with Crippen molar-refractivity contribution in [1.82, 2.24) is 4.98 Å². The predicted octanol–water partition coefficient (Wildman–Crippen LogP) is 3.09. The van der Waals surface area contributed by atoms with E-state index in [1.807, 2.05) is 0 Å². The number of carbonyl (C=O) groups is 1. The minimum absolute atomic E-state index is 0.210. The molecule has 2 N–H and O–H groups in total. The van der Waals surface area contributed by atoms with Crippen molar-refractivity contribution in [3.05, 3.63) is 15.0 Å². The number of nitrogens with zero attached hydrogens (tertiary/aromatic N) is 1. The first-order valence-electron chi connectivity index (χ1n) is 6.57. The SMILES string of the molecule is O=C(O)C1CCC(C(O)CCc2ncc(Br)s2)CC1. The molecule has 0 aliphatic heterocycles. The number of aliphatic carboxylic acids is 1. The standard InChI is InChI=1S/C13H18BrNO3S/c14-11-7-15-12(19-11)6-5-10(16)8-1-3-9(4-2-8)13(17)18/h7-10,16H,1-6H2,(H,17,18). The van der Waals surface area contributed by atoms with E-state index in [1.54, 1.807) is 17.5 Å². The predicted molar refractivity (Wildman–Crippen MR) is 77.2 cm³/mol. The average molecular weight is 348 g/mol. The smallest absolute Gasteiger partial charge is 0.306 e. The van der Waals surface area contributed by atoms with Crippen LogP contribution in [0, 0.1) is 11.8 Å². The van der Waals surface area contributed by atoms with Gasteiger partial charge in [0.2, 0.25) is 0 Å². The van der Waals surface area contributed by atoms with Crippen molar-refractivity contribution in [2.75, 3.05) is 0 Å². The van der Waals surface area contributed by atoms with Gasteiger partial charge in [-0.2, -0.15) is 0 Å². The molecule has 1 saturated carbocycles. The molecule has 1 fully saturated rings. The zero-order valence-corrected chi connectivity index (χ0v) is 13.0. The molecule has 1 aromatic rings. The van der Waals surface area contributed by atoms with E-state index in [0.717, 1.165) is 28.1 Å². The summed E-state index contributed by atoms with van der Waals surface area (Å²) in [6.07, 6.45) is 5.97. The lowest BCUT2D eigenvalue weighted by Crippen LogP contribution is -2.28. The van der Waals surface area contributed by atoms with Crippen LogP contribution in [0.3, 0.4) is 0 Å². The van der Waals surface area contributed by atoms with Gasteiger partial charge in [0, 0.05) is 6.42 Å². The van der Waals surface area contributed by atoms with E-state index in [4.69, 9.17) is 5.11 Å². The van der Waals surface area contributed by atoms with Crippen LogP contribution < -0.4 is 0 Å². The molecule has 1 unspecified atom stereocenters. The second-order valence-corrected chi connectivity index (χ2v) is 7.61. The van der Waals surface area contributed by atoms with Crippen LogP contribution >= 0.6 is 27.3 Å². The highest BCUT2D eigenvalue weighted by Gasteiger charge is 2.29. The van der Waals surface area contributed by atoms with Gasteiger partial charge in [-0.3, -0.25) is 4.79 Å². The number of aromatic nitrogens is 1. The summed E-state index contributed by atoms with van der Waals surface area (Å²) in [5.74, 6) is -0.655. The maximum Gasteiger partial charge on any atom is 0.306 e. The van der Waals surface area contributed by atoms with Crippen molar-refractivity contribution < 1.29 is 15.0 Å². The quantitative estimate of drug-likeness (QED) is 0.858. The number of thiazole rings is 1. The molecule has 0 spiro atoms. The summed E-state index contributed by atoms with van der Waals surface area (Å²) in [6.45, 7) is 0. The Bertz CT molecular complexity index is 429. The molecule has 0 radical (unpaired) electrons. The first-order valence-corrected chi connectivity index (χ1v) is 8.18. The molecular weight excluding hydrogens is 330 g/mol. The maximum atomic E-state index is 10.9. The Morgan fingerprint density at radius 1 is 1.47 bits per heavy atom. The summed E-state index contributed by atoms with van der Waals surface area (Å²) in [4.78, 5) is 15.1. The Kier molecular flexibility index (Phi) is 5.36. The van der Waals surface area contributed by atoms with Gasteiger partial charge in [-0.25, -0.2) is 4.98 Å². The minimum atomic E-state index is -0.694. The van der Waals surface area contributed by atoms with Crippen LogP contribution in [0.2, 0.25) is 0 Å². The zero-order valence-electron chi connectivity index (χ0n) is 10.6.